The molecule has 0 fully saturated rings. The smallest absolute Gasteiger partial charge is 0.254 e. The molecule has 0 unspecified atom stereocenters. The minimum atomic E-state index is 0.0415. The number of amides is 1. The normalized spacial score (nSPS) is 10.9. The molecule has 0 radical (unpaired) electrons. The van der Waals surface area contributed by atoms with E-state index >= 15 is 0 Å². The number of aryl methyl sites for hydroxylation is 1. The van der Waals surface area contributed by atoms with E-state index in [1.165, 1.54) is 5.56 Å². The van der Waals surface area contributed by atoms with Crippen molar-refractivity contribution < 1.29 is 9.53 Å². The van der Waals surface area contributed by atoms with E-state index in [0.29, 0.717) is 31.2 Å². The summed E-state index contributed by atoms with van der Waals surface area (Å²) < 4.78 is 5.84. The van der Waals surface area contributed by atoms with Gasteiger partial charge in [-0.2, -0.15) is 0 Å². The van der Waals surface area contributed by atoms with E-state index in [0.717, 1.165) is 16.5 Å². The number of benzene rings is 2. The Morgan fingerprint density at radius 3 is 2.64 bits per heavy atom. The van der Waals surface area contributed by atoms with Gasteiger partial charge in [0, 0.05) is 17.5 Å². The fraction of sp³-hybridized carbons (Fsp3) is 0.304. The first-order chi connectivity index (χ1) is 13.5. The zero-order chi connectivity index (χ0) is 19.9. The number of rotatable bonds is 8. The lowest BCUT2D eigenvalue weighted by Gasteiger charge is -2.24. The third-order valence-corrected chi connectivity index (χ3v) is 5.07. The maximum Gasteiger partial charge on any atom is 0.254 e. The Hall–Kier alpha value is -2.66. The average molecular weight is 395 g/mol. The fourth-order valence-electron chi connectivity index (χ4n) is 2.96. The molecule has 3 rings (SSSR count). The van der Waals surface area contributed by atoms with Gasteiger partial charge in [-0.15, -0.1) is 11.3 Å². The van der Waals surface area contributed by atoms with Crippen LogP contribution < -0.4 is 4.74 Å². The van der Waals surface area contributed by atoms with Crippen LogP contribution in [-0.4, -0.2) is 22.3 Å². The van der Waals surface area contributed by atoms with Crippen molar-refractivity contribution in [1.29, 1.82) is 0 Å². The first-order valence-electron chi connectivity index (χ1n) is 9.48. The van der Waals surface area contributed by atoms with Gasteiger partial charge < -0.3 is 9.64 Å². The van der Waals surface area contributed by atoms with Crippen LogP contribution in [0.4, 0.5) is 0 Å². The van der Waals surface area contributed by atoms with E-state index in [1.807, 2.05) is 71.8 Å². The molecule has 4 nitrogen and oxygen atoms in total. The van der Waals surface area contributed by atoms with Gasteiger partial charge in [0.1, 0.15) is 17.4 Å². The van der Waals surface area contributed by atoms with Gasteiger partial charge >= 0.3 is 0 Å². The average Bonchev–Trinajstić information content (AvgIpc) is 3.13. The first kappa shape index (κ1) is 20.1. The molecule has 0 aliphatic heterocycles. The Morgan fingerprint density at radius 2 is 1.93 bits per heavy atom. The number of carbonyl (C=O) groups excluding carboxylic acids is 1. The monoisotopic (exact) mass is 394 g/mol. The molecule has 3 aromatic rings. The number of aromatic nitrogens is 1. The Kier molecular flexibility index (Phi) is 6.82. The number of carbonyl (C=O) groups is 1. The number of hydrogen-bond donors (Lipinski definition) is 0. The second-order valence-corrected chi connectivity index (χ2v) is 8.23. The van der Waals surface area contributed by atoms with E-state index in [9.17, 15) is 4.79 Å². The third-order valence-electron chi connectivity index (χ3n) is 4.20. The van der Waals surface area contributed by atoms with Gasteiger partial charge in [0.2, 0.25) is 0 Å². The standard InChI is InChI=1S/C23H26N2O2S/c1-17(2)13-25(23(26)19-9-5-4-6-10-19)14-20-16-28-22(24-20)15-27-21-11-7-8-18(3)12-21/h4-12,16-17H,13-15H2,1-3H3. The molecule has 0 spiro atoms. The Balaban J connectivity index is 1.65. The summed E-state index contributed by atoms with van der Waals surface area (Å²) >= 11 is 1.57. The molecular formula is C23H26N2O2S. The van der Waals surface area contributed by atoms with E-state index in [1.54, 1.807) is 11.3 Å². The van der Waals surface area contributed by atoms with Crippen molar-refractivity contribution >= 4 is 17.2 Å². The molecular weight excluding hydrogens is 368 g/mol. The van der Waals surface area contributed by atoms with Crippen molar-refractivity contribution in [2.45, 2.75) is 33.9 Å². The van der Waals surface area contributed by atoms with Gasteiger partial charge in [0.25, 0.3) is 5.91 Å². The fourth-order valence-corrected chi connectivity index (χ4v) is 3.65. The predicted octanol–water partition coefficient (Wildman–Crippen LogP) is 5.33. The van der Waals surface area contributed by atoms with Crippen LogP contribution >= 0.6 is 11.3 Å². The summed E-state index contributed by atoms with van der Waals surface area (Å²) in [6.07, 6.45) is 0. The highest BCUT2D eigenvalue weighted by Crippen LogP contribution is 2.18. The first-order valence-corrected chi connectivity index (χ1v) is 10.4. The van der Waals surface area contributed by atoms with E-state index in [-0.39, 0.29) is 5.91 Å². The van der Waals surface area contributed by atoms with Gasteiger partial charge in [-0.25, -0.2) is 4.98 Å². The van der Waals surface area contributed by atoms with Crippen LogP contribution in [0.25, 0.3) is 0 Å². The molecule has 0 aliphatic rings. The number of hydrogen-bond acceptors (Lipinski definition) is 4. The lowest BCUT2D eigenvalue weighted by molar-refractivity contribution is 0.0720. The minimum absolute atomic E-state index is 0.0415. The van der Waals surface area contributed by atoms with Crippen LogP contribution in [0.15, 0.2) is 60.0 Å². The van der Waals surface area contributed by atoms with E-state index in [2.05, 4.69) is 18.8 Å². The highest BCUT2D eigenvalue weighted by Gasteiger charge is 2.18. The zero-order valence-corrected chi connectivity index (χ0v) is 17.4. The largest absolute Gasteiger partial charge is 0.486 e. The summed E-state index contributed by atoms with van der Waals surface area (Å²) in [4.78, 5) is 19.5. The topological polar surface area (TPSA) is 42.4 Å². The summed E-state index contributed by atoms with van der Waals surface area (Å²) in [6, 6.07) is 17.4. The SMILES string of the molecule is Cc1cccc(OCc2nc(CN(CC(C)C)C(=O)c3ccccc3)cs2)c1. The third kappa shape index (κ3) is 5.67. The van der Waals surface area contributed by atoms with Gasteiger partial charge in [-0.1, -0.05) is 44.2 Å². The quantitative estimate of drug-likeness (QED) is 0.519. The van der Waals surface area contributed by atoms with Crippen LogP contribution in [0.2, 0.25) is 0 Å². The highest BCUT2D eigenvalue weighted by atomic mass is 32.1. The zero-order valence-electron chi connectivity index (χ0n) is 16.6. The summed E-state index contributed by atoms with van der Waals surface area (Å²) in [5.74, 6) is 1.27. The summed E-state index contributed by atoms with van der Waals surface area (Å²) in [6.45, 7) is 7.92. The molecule has 0 atom stereocenters. The van der Waals surface area contributed by atoms with Crippen molar-refractivity contribution in [2.75, 3.05) is 6.54 Å². The minimum Gasteiger partial charge on any atom is -0.486 e. The Labute approximate surface area is 170 Å². The molecule has 0 aliphatic carbocycles. The molecule has 1 heterocycles. The van der Waals surface area contributed by atoms with Crippen molar-refractivity contribution in [2.24, 2.45) is 5.92 Å². The number of nitrogens with zero attached hydrogens (tertiary/aromatic N) is 2. The predicted molar refractivity (Wildman–Crippen MR) is 114 cm³/mol. The van der Waals surface area contributed by atoms with Crippen LogP contribution in [0.1, 0.15) is 40.5 Å². The second-order valence-electron chi connectivity index (χ2n) is 7.28. The van der Waals surface area contributed by atoms with Crippen LogP contribution in [0, 0.1) is 12.8 Å². The van der Waals surface area contributed by atoms with E-state index < -0.39 is 0 Å². The number of ether oxygens (including phenoxy) is 1. The molecule has 1 aromatic heterocycles. The lowest BCUT2D eigenvalue weighted by atomic mass is 10.1. The maximum absolute atomic E-state index is 12.9. The molecule has 0 saturated carbocycles. The molecule has 5 heteroatoms. The van der Waals surface area contributed by atoms with Crippen molar-refractivity contribution in [3.8, 4) is 5.75 Å². The molecule has 0 bridgehead atoms. The van der Waals surface area contributed by atoms with Crippen LogP contribution in [0.5, 0.6) is 5.75 Å². The molecule has 0 N–H and O–H groups in total. The molecule has 1 amide bonds. The highest BCUT2D eigenvalue weighted by molar-refractivity contribution is 7.09. The summed E-state index contributed by atoms with van der Waals surface area (Å²) in [7, 11) is 0. The van der Waals surface area contributed by atoms with Crippen molar-refractivity contribution in [3.05, 3.63) is 81.8 Å². The van der Waals surface area contributed by atoms with Crippen LogP contribution in [-0.2, 0) is 13.2 Å². The molecule has 28 heavy (non-hydrogen) atoms. The maximum atomic E-state index is 12.9. The van der Waals surface area contributed by atoms with Gasteiger partial charge in [-0.3, -0.25) is 4.79 Å². The molecule has 2 aromatic carbocycles. The van der Waals surface area contributed by atoms with Gasteiger partial charge in [0.15, 0.2) is 0 Å². The van der Waals surface area contributed by atoms with Gasteiger partial charge in [0.05, 0.1) is 12.2 Å². The van der Waals surface area contributed by atoms with Gasteiger partial charge in [-0.05, 0) is 42.7 Å². The van der Waals surface area contributed by atoms with Crippen molar-refractivity contribution in [3.63, 3.8) is 0 Å². The summed E-state index contributed by atoms with van der Waals surface area (Å²) in [5.41, 5.74) is 2.78. The van der Waals surface area contributed by atoms with Crippen LogP contribution in [0.3, 0.4) is 0 Å². The molecule has 146 valence electrons. The number of thiazole rings is 1. The lowest BCUT2D eigenvalue weighted by Crippen LogP contribution is -2.33. The summed E-state index contributed by atoms with van der Waals surface area (Å²) in [5, 5.41) is 2.92. The van der Waals surface area contributed by atoms with Crippen molar-refractivity contribution in [1.82, 2.24) is 9.88 Å². The van der Waals surface area contributed by atoms with E-state index in [4.69, 9.17) is 4.74 Å². The Morgan fingerprint density at radius 1 is 1.14 bits per heavy atom. The Bertz CT molecular complexity index is 906. The molecule has 0 saturated heterocycles. The second kappa shape index (κ2) is 9.51.